The average molecular weight is 286 g/mol. The topological polar surface area (TPSA) is 73.6 Å². The van der Waals surface area contributed by atoms with E-state index in [4.69, 9.17) is 15.2 Å². The number of hydrogen-bond acceptors (Lipinski definition) is 4. The number of ether oxygens (including phenoxy) is 2. The van der Waals surface area contributed by atoms with Gasteiger partial charge >= 0.3 is 0 Å². The standard InChI is InChI=1S/C16H18N2O3/c1-20-13-8-12(9-14(10-13)21-2)18-16(19)15(17)11-6-4-3-5-7-11/h3-10,15H,17H2,1-2H3,(H,18,19). The van der Waals surface area contributed by atoms with E-state index in [1.807, 2.05) is 30.3 Å². The Kier molecular flexibility index (Phi) is 4.79. The van der Waals surface area contributed by atoms with E-state index in [1.165, 1.54) is 0 Å². The molecule has 0 aliphatic carbocycles. The highest BCUT2D eigenvalue weighted by Gasteiger charge is 2.16. The summed E-state index contributed by atoms with van der Waals surface area (Å²) in [6, 6.07) is 13.6. The molecule has 5 heteroatoms. The largest absolute Gasteiger partial charge is 0.497 e. The summed E-state index contributed by atoms with van der Waals surface area (Å²) in [6.07, 6.45) is 0. The molecule has 0 spiro atoms. The van der Waals surface area contributed by atoms with Crippen LogP contribution in [-0.4, -0.2) is 20.1 Å². The number of carbonyl (C=O) groups is 1. The van der Waals surface area contributed by atoms with Gasteiger partial charge in [0, 0.05) is 23.9 Å². The number of hydrogen-bond donors (Lipinski definition) is 2. The lowest BCUT2D eigenvalue weighted by Gasteiger charge is -2.14. The second kappa shape index (κ2) is 6.76. The molecule has 2 rings (SSSR count). The van der Waals surface area contributed by atoms with Gasteiger partial charge in [0.15, 0.2) is 0 Å². The Morgan fingerprint density at radius 3 is 2.14 bits per heavy atom. The molecule has 0 aliphatic rings. The van der Waals surface area contributed by atoms with E-state index in [0.29, 0.717) is 17.2 Å². The summed E-state index contributed by atoms with van der Waals surface area (Å²) in [7, 11) is 3.10. The zero-order valence-electron chi connectivity index (χ0n) is 12.0. The Bertz CT molecular complexity index is 592. The third-order valence-electron chi connectivity index (χ3n) is 3.06. The molecular formula is C16H18N2O3. The van der Waals surface area contributed by atoms with Gasteiger partial charge in [-0.2, -0.15) is 0 Å². The van der Waals surface area contributed by atoms with Gasteiger partial charge in [-0.3, -0.25) is 4.79 Å². The maximum atomic E-state index is 12.2. The first-order chi connectivity index (χ1) is 10.1. The van der Waals surface area contributed by atoms with Crippen LogP contribution in [0.15, 0.2) is 48.5 Å². The average Bonchev–Trinajstić information content (AvgIpc) is 2.54. The minimum atomic E-state index is -0.733. The molecule has 21 heavy (non-hydrogen) atoms. The summed E-state index contributed by atoms with van der Waals surface area (Å²) in [5.74, 6) is 0.896. The normalized spacial score (nSPS) is 11.6. The molecule has 3 N–H and O–H groups in total. The Labute approximate surface area is 123 Å². The van der Waals surface area contributed by atoms with Crippen LogP contribution in [0.5, 0.6) is 11.5 Å². The molecule has 0 bridgehead atoms. The van der Waals surface area contributed by atoms with Gasteiger partial charge in [0.25, 0.3) is 0 Å². The molecule has 0 radical (unpaired) electrons. The number of methoxy groups -OCH3 is 2. The van der Waals surface area contributed by atoms with Crippen molar-refractivity contribution in [3.63, 3.8) is 0 Å². The third-order valence-corrected chi connectivity index (χ3v) is 3.06. The number of rotatable bonds is 5. The zero-order chi connectivity index (χ0) is 15.2. The fourth-order valence-corrected chi connectivity index (χ4v) is 1.91. The van der Waals surface area contributed by atoms with E-state index in [-0.39, 0.29) is 5.91 Å². The van der Waals surface area contributed by atoms with E-state index in [9.17, 15) is 4.79 Å². The Morgan fingerprint density at radius 2 is 1.62 bits per heavy atom. The second-order valence-electron chi connectivity index (χ2n) is 4.48. The summed E-state index contributed by atoms with van der Waals surface area (Å²) in [5, 5.41) is 2.77. The molecule has 2 aromatic rings. The Hall–Kier alpha value is -2.53. The first kappa shape index (κ1) is 14.9. The van der Waals surface area contributed by atoms with Crippen molar-refractivity contribution in [3.8, 4) is 11.5 Å². The predicted octanol–water partition coefficient (Wildman–Crippen LogP) is 2.34. The molecule has 110 valence electrons. The van der Waals surface area contributed by atoms with E-state index in [2.05, 4.69) is 5.32 Å². The monoisotopic (exact) mass is 286 g/mol. The lowest BCUT2D eigenvalue weighted by molar-refractivity contribution is -0.117. The molecule has 0 heterocycles. The van der Waals surface area contributed by atoms with Crippen molar-refractivity contribution >= 4 is 11.6 Å². The van der Waals surface area contributed by atoms with E-state index in [1.54, 1.807) is 32.4 Å². The van der Waals surface area contributed by atoms with Crippen LogP contribution in [0.1, 0.15) is 11.6 Å². The SMILES string of the molecule is COc1cc(NC(=O)C(N)c2ccccc2)cc(OC)c1. The smallest absolute Gasteiger partial charge is 0.245 e. The van der Waals surface area contributed by atoms with Gasteiger partial charge < -0.3 is 20.5 Å². The van der Waals surface area contributed by atoms with Crippen LogP contribution in [0.25, 0.3) is 0 Å². The van der Waals surface area contributed by atoms with Crippen molar-refractivity contribution in [1.82, 2.24) is 0 Å². The molecule has 1 amide bonds. The number of nitrogens with two attached hydrogens (primary N) is 1. The van der Waals surface area contributed by atoms with Crippen LogP contribution in [0, 0.1) is 0 Å². The first-order valence-corrected chi connectivity index (χ1v) is 6.48. The number of anilines is 1. The Balaban J connectivity index is 2.16. The van der Waals surface area contributed by atoms with E-state index in [0.717, 1.165) is 5.56 Å². The van der Waals surface area contributed by atoms with Crippen molar-refractivity contribution in [2.75, 3.05) is 19.5 Å². The Morgan fingerprint density at radius 1 is 1.05 bits per heavy atom. The molecule has 0 saturated heterocycles. The zero-order valence-corrected chi connectivity index (χ0v) is 12.0. The van der Waals surface area contributed by atoms with Crippen molar-refractivity contribution < 1.29 is 14.3 Å². The maximum Gasteiger partial charge on any atom is 0.245 e. The molecule has 5 nitrogen and oxygen atoms in total. The third kappa shape index (κ3) is 3.73. The first-order valence-electron chi connectivity index (χ1n) is 6.48. The van der Waals surface area contributed by atoms with Gasteiger partial charge in [0.2, 0.25) is 5.91 Å². The number of benzene rings is 2. The van der Waals surface area contributed by atoms with Crippen LogP contribution in [-0.2, 0) is 4.79 Å². The van der Waals surface area contributed by atoms with Gasteiger partial charge in [-0.1, -0.05) is 30.3 Å². The summed E-state index contributed by atoms with van der Waals surface area (Å²) in [6.45, 7) is 0. The fourth-order valence-electron chi connectivity index (χ4n) is 1.91. The predicted molar refractivity (Wildman–Crippen MR) is 81.5 cm³/mol. The lowest BCUT2D eigenvalue weighted by Crippen LogP contribution is -2.27. The molecule has 0 aliphatic heterocycles. The fraction of sp³-hybridized carbons (Fsp3) is 0.188. The van der Waals surface area contributed by atoms with Gasteiger partial charge in [0.05, 0.1) is 14.2 Å². The maximum absolute atomic E-state index is 12.2. The van der Waals surface area contributed by atoms with E-state index < -0.39 is 6.04 Å². The molecule has 0 fully saturated rings. The highest BCUT2D eigenvalue weighted by Crippen LogP contribution is 2.26. The van der Waals surface area contributed by atoms with E-state index >= 15 is 0 Å². The number of carbonyl (C=O) groups excluding carboxylic acids is 1. The van der Waals surface area contributed by atoms with Gasteiger partial charge in [-0.05, 0) is 5.56 Å². The molecule has 0 aromatic heterocycles. The van der Waals surface area contributed by atoms with Crippen molar-refractivity contribution in [3.05, 3.63) is 54.1 Å². The quantitative estimate of drug-likeness (QED) is 0.884. The molecule has 1 atom stereocenters. The summed E-state index contributed by atoms with van der Waals surface area (Å²) < 4.78 is 10.3. The second-order valence-corrected chi connectivity index (χ2v) is 4.48. The molecule has 0 saturated carbocycles. The van der Waals surface area contributed by atoms with Crippen LogP contribution in [0.3, 0.4) is 0 Å². The van der Waals surface area contributed by atoms with Gasteiger partial charge in [-0.15, -0.1) is 0 Å². The van der Waals surface area contributed by atoms with Crippen LogP contribution >= 0.6 is 0 Å². The summed E-state index contributed by atoms with van der Waals surface area (Å²) >= 11 is 0. The van der Waals surface area contributed by atoms with Crippen molar-refractivity contribution in [2.45, 2.75) is 6.04 Å². The van der Waals surface area contributed by atoms with Gasteiger partial charge in [-0.25, -0.2) is 0 Å². The number of nitrogens with one attached hydrogen (secondary N) is 1. The molecule has 2 aromatic carbocycles. The van der Waals surface area contributed by atoms with Crippen molar-refractivity contribution in [2.24, 2.45) is 5.73 Å². The van der Waals surface area contributed by atoms with Crippen LogP contribution < -0.4 is 20.5 Å². The van der Waals surface area contributed by atoms with Crippen molar-refractivity contribution in [1.29, 1.82) is 0 Å². The molecular weight excluding hydrogens is 268 g/mol. The summed E-state index contributed by atoms with van der Waals surface area (Å²) in [4.78, 5) is 12.2. The summed E-state index contributed by atoms with van der Waals surface area (Å²) in [5.41, 5.74) is 7.28. The van der Waals surface area contributed by atoms with Crippen LogP contribution in [0.4, 0.5) is 5.69 Å². The van der Waals surface area contributed by atoms with Crippen LogP contribution in [0.2, 0.25) is 0 Å². The van der Waals surface area contributed by atoms with Gasteiger partial charge in [0.1, 0.15) is 17.5 Å². The highest BCUT2D eigenvalue weighted by molar-refractivity contribution is 5.95. The number of amides is 1. The highest BCUT2D eigenvalue weighted by atomic mass is 16.5. The minimum Gasteiger partial charge on any atom is -0.497 e. The molecule has 1 unspecified atom stereocenters. The minimum absolute atomic E-state index is 0.295. The lowest BCUT2D eigenvalue weighted by atomic mass is 10.1.